The van der Waals surface area contributed by atoms with Crippen LogP contribution in [0.5, 0.6) is 0 Å². The summed E-state index contributed by atoms with van der Waals surface area (Å²) in [6.07, 6.45) is 8.47. The Bertz CT molecular complexity index is 457. The minimum atomic E-state index is -0.0683. The largest absolute Gasteiger partial charge is 0.339 e. The van der Waals surface area contributed by atoms with Crippen molar-refractivity contribution in [3.63, 3.8) is 0 Å². The molecule has 0 saturated heterocycles. The summed E-state index contributed by atoms with van der Waals surface area (Å²) in [6, 6.07) is 1.84. The van der Waals surface area contributed by atoms with Crippen LogP contribution in [-0.4, -0.2) is 28.9 Å². The number of halogens is 2. The van der Waals surface area contributed by atoms with Gasteiger partial charge in [0.15, 0.2) is 0 Å². The van der Waals surface area contributed by atoms with Gasteiger partial charge in [-0.05, 0) is 18.9 Å². The number of pyridine rings is 1. The van der Waals surface area contributed by atoms with Crippen molar-refractivity contribution in [3.05, 3.63) is 28.0 Å². The molecule has 1 aliphatic rings. The lowest BCUT2D eigenvalue weighted by atomic mass is 10.1. The van der Waals surface area contributed by atoms with Crippen LogP contribution in [0.2, 0.25) is 10.2 Å². The molecule has 104 valence electrons. The maximum Gasteiger partial charge on any atom is 0.255 e. The monoisotopic (exact) mass is 300 g/mol. The van der Waals surface area contributed by atoms with Crippen LogP contribution in [-0.2, 0) is 0 Å². The average molecular weight is 301 g/mol. The Morgan fingerprint density at radius 1 is 1.26 bits per heavy atom. The lowest BCUT2D eigenvalue weighted by Crippen LogP contribution is -2.36. The topological polar surface area (TPSA) is 33.2 Å². The first-order valence-corrected chi connectivity index (χ1v) is 7.43. The van der Waals surface area contributed by atoms with Crippen molar-refractivity contribution in [3.8, 4) is 0 Å². The third-order valence-electron chi connectivity index (χ3n) is 3.75. The molecule has 0 bridgehead atoms. The standard InChI is InChI=1S/C14H18Cl2N2O/c1-18(10-6-4-2-3-5-7-10)14(19)11-8-13(16)17-9-12(11)15/h8-10H,2-7H2,1H3. The Kier molecular flexibility index (Phi) is 5.06. The normalized spacial score (nSPS) is 17.0. The Labute approximate surface area is 123 Å². The van der Waals surface area contributed by atoms with E-state index in [2.05, 4.69) is 4.98 Å². The van der Waals surface area contributed by atoms with E-state index in [1.54, 1.807) is 6.07 Å². The zero-order valence-electron chi connectivity index (χ0n) is 11.0. The number of hydrogen-bond acceptors (Lipinski definition) is 2. The number of aromatic nitrogens is 1. The van der Waals surface area contributed by atoms with Crippen molar-refractivity contribution in [1.82, 2.24) is 9.88 Å². The number of hydrogen-bond donors (Lipinski definition) is 0. The van der Waals surface area contributed by atoms with Gasteiger partial charge in [-0.1, -0.05) is 48.9 Å². The third-order valence-corrected chi connectivity index (χ3v) is 4.25. The summed E-state index contributed by atoms with van der Waals surface area (Å²) in [6.45, 7) is 0. The van der Waals surface area contributed by atoms with E-state index >= 15 is 0 Å². The Morgan fingerprint density at radius 2 is 1.89 bits per heavy atom. The van der Waals surface area contributed by atoms with Gasteiger partial charge in [-0.3, -0.25) is 4.79 Å². The van der Waals surface area contributed by atoms with Gasteiger partial charge < -0.3 is 4.90 Å². The molecule has 3 nitrogen and oxygen atoms in total. The minimum Gasteiger partial charge on any atom is -0.339 e. The summed E-state index contributed by atoms with van der Waals surface area (Å²) in [5, 5.41) is 0.650. The molecule has 0 atom stereocenters. The van der Waals surface area contributed by atoms with Crippen molar-refractivity contribution in [2.75, 3.05) is 7.05 Å². The van der Waals surface area contributed by atoms with E-state index in [1.807, 2.05) is 11.9 Å². The number of amides is 1. The lowest BCUT2D eigenvalue weighted by Gasteiger charge is -2.27. The highest BCUT2D eigenvalue weighted by atomic mass is 35.5. The number of rotatable bonds is 2. The van der Waals surface area contributed by atoms with Gasteiger partial charge >= 0.3 is 0 Å². The summed E-state index contributed by atoms with van der Waals surface area (Å²) < 4.78 is 0. The molecule has 1 heterocycles. The van der Waals surface area contributed by atoms with Crippen molar-refractivity contribution in [2.45, 2.75) is 44.6 Å². The summed E-state index contributed by atoms with van der Waals surface area (Å²) in [5.41, 5.74) is 0.438. The molecule has 1 aliphatic carbocycles. The first-order chi connectivity index (χ1) is 9.09. The fourth-order valence-corrected chi connectivity index (χ4v) is 2.92. The zero-order chi connectivity index (χ0) is 13.8. The molecule has 0 aliphatic heterocycles. The quantitative estimate of drug-likeness (QED) is 0.606. The molecule has 0 N–H and O–H groups in total. The second-order valence-corrected chi connectivity index (χ2v) is 5.84. The summed E-state index contributed by atoms with van der Waals surface area (Å²) >= 11 is 11.9. The third kappa shape index (κ3) is 3.61. The molecule has 1 amide bonds. The molecule has 19 heavy (non-hydrogen) atoms. The molecular formula is C14H18Cl2N2O. The van der Waals surface area contributed by atoms with Crippen LogP contribution in [0.3, 0.4) is 0 Å². The van der Waals surface area contributed by atoms with Gasteiger partial charge in [0.25, 0.3) is 5.91 Å². The average Bonchev–Trinajstić information content (AvgIpc) is 2.69. The van der Waals surface area contributed by atoms with Gasteiger partial charge in [-0.25, -0.2) is 4.98 Å². The molecular weight excluding hydrogens is 283 g/mol. The van der Waals surface area contributed by atoms with Gasteiger partial charge in [0, 0.05) is 19.3 Å². The molecule has 1 saturated carbocycles. The van der Waals surface area contributed by atoms with Crippen molar-refractivity contribution in [1.29, 1.82) is 0 Å². The highest BCUT2D eigenvalue weighted by molar-refractivity contribution is 6.35. The molecule has 0 aromatic carbocycles. The van der Waals surface area contributed by atoms with Crippen LogP contribution in [0.4, 0.5) is 0 Å². The van der Waals surface area contributed by atoms with Crippen molar-refractivity contribution in [2.24, 2.45) is 0 Å². The molecule has 2 rings (SSSR count). The number of carbonyl (C=O) groups is 1. The van der Waals surface area contributed by atoms with Crippen LogP contribution >= 0.6 is 23.2 Å². The molecule has 5 heteroatoms. The molecule has 1 aromatic rings. The summed E-state index contributed by atoms with van der Waals surface area (Å²) in [4.78, 5) is 18.2. The van der Waals surface area contributed by atoms with Crippen molar-refractivity contribution < 1.29 is 4.79 Å². The fraction of sp³-hybridized carbons (Fsp3) is 0.571. The van der Waals surface area contributed by atoms with Crippen LogP contribution in [0, 0.1) is 0 Å². The van der Waals surface area contributed by atoms with E-state index in [-0.39, 0.29) is 5.91 Å². The molecule has 0 spiro atoms. The van der Waals surface area contributed by atoms with Crippen LogP contribution in [0.1, 0.15) is 48.9 Å². The number of carbonyl (C=O) groups excluding carboxylic acids is 1. The second-order valence-electron chi connectivity index (χ2n) is 5.05. The Balaban J connectivity index is 2.15. The number of nitrogens with zero attached hydrogens (tertiary/aromatic N) is 2. The van der Waals surface area contributed by atoms with Gasteiger partial charge in [-0.15, -0.1) is 0 Å². The molecule has 0 radical (unpaired) electrons. The Hall–Kier alpha value is -0.800. The maximum absolute atomic E-state index is 12.5. The second kappa shape index (κ2) is 6.58. The fourth-order valence-electron chi connectivity index (χ4n) is 2.58. The van der Waals surface area contributed by atoms with E-state index in [0.717, 1.165) is 12.8 Å². The van der Waals surface area contributed by atoms with Crippen LogP contribution in [0.15, 0.2) is 12.3 Å². The van der Waals surface area contributed by atoms with Crippen LogP contribution < -0.4 is 0 Å². The lowest BCUT2D eigenvalue weighted by molar-refractivity contribution is 0.0718. The van der Waals surface area contributed by atoms with Crippen molar-refractivity contribution >= 4 is 29.1 Å². The minimum absolute atomic E-state index is 0.0683. The molecule has 0 unspecified atom stereocenters. The van der Waals surface area contributed by atoms with Crippen LogP contribution in [0.25, 0.3) is 0 Å². The summed E-state index contributed by atoms with van der Waals surface area (Å²) in [5.74, 6) is -0.0683. The van der Waals surface area contributed by atoms with E-state index in [4.69, 9.17) is 23.2 Å². The predicted molar refractivity (Wildman–Crippen MR) is 77.8 cm³/mol. The Morgan fingerprint density at radius 3 is 2.53 bits per heavy atom. The highest BCUT2D eigenvalue weighted by Crippen LogP contribution is 2.25. The van der Waals surface area contributed by atoms with E-state index < -0.39 is 0 Å². The smallest absolute Gasteiger partial charge is 0.255 e. The first-order valence-electron chi connectivity index (χ1n) is 6.68. The van der Waals surface area contributed by atoms with E-state index in [0.29, 0.717) is 21.8 Å². The molecule has 1 fully saturated rings. The molecule has 1 aromatic heterocycles. The van der Waals surface area contributed by atoms with E-state index in [1.165, 1.54) is 31.9 Å². The first kappa shape index (κ1) is 14.6. The van der Waals surface area contributed by atoms with Gasteiger partial charge in [0.2, 0.25) is 0 Å². The maximum atomic E-state index is 12.5. The van der Waals surface area contributed by atoms with E-state index in [9.17, 15) is 4.79 Å². The van der Waals surface area contributed by atoms with Gasteiger partial charge in [-0.2, -0.15) is 0 Å². The highest BCUT2D eigenvalue weighted by Gasteiger charge is 2.23. The zero-order valence-corrected chi connectivity index (χ0v) is 12.5. The SMILES string of the molecule is CN(C(=O)c1cc(Cl)ncc1Cl)C1CCCCCC1. The van der Waals surface area contributed by atoms with Gasteiger partial charge in [0.05, 0.1) is 10.6 Å². The predicted octanol–water partition coefficient (Wildman–Crippen LogP) is 4.18. The van der Waals surface area contributed by atoms with Gasteiger partial charge in [0.1, 0.15) is 5.15 Å². The summed E-state index contributed by atoms with van der Waals surface area (Å²) in [7, 11) is 1.85.